The number of hydrogen-bond acceptors (Lipinski definition) is 6. The molecule has 1 amide bonds. The Morgan fingerprint density at radius 3 is 2.37 bits per heavy atom. The maximum Gasteiger partial charge on any atom is 0.261 e. The van der Waals surface area contributed by atoms with Crippen LogP contribution >= 0.6 is 12.2 Å². The van der Waals surface area contributed by atoms with Crippen molar-refractivity contribution < 1.29 is 22.7 Å². The number of carbonyl (C=O) groups is 1. The molecule has 0 saturated carbocycles. The Morgan fingerprint density at radius 2 is 1.69 bits per heavy atom. The van der Waals surface area contributed by atoms with Gasteiger partial charge in [0.05, 0.1) is 22.8 Å². The Hall–Kier alpha value is -3.47. The molecule has 3 N–H and O–H groups in total. The average molecular weight is 514 g/mol. The van der Waals surface area contributed by atoms with Crippen LogP contribution in [0.4, 0.5) is 11.4 Å². The Labute approximate surface area is 210 Å². The molecule has 0 unspecified atom stereocenters. The van der Waals surface area contributed by atoms with Crippen LogP contribution in [0, 0.1) is 13.8 Å². The number of amides is 1. The molecule has 0 spiro atoms. The Kier molecular flexibility index (Phi) is 8.80. The van der Waals surface area contributed by atoms with Crippen molar-refractivity contribution >= 4 is 44.6 Å². The summed E-state index contributed by atoms with van der Waals surface area (Å²) in [7, 11) is -2.20. The number of ether oxygens (including phenoxy) is 2. The van der Waals surface area contributed by atoms with E-state index >= 15 is 0 Å². The van der Waals surface area contributed by atoms with E-state index in [4.69, 9.17) is 21.7 Å². The number of rotatable bonds is 9. The van der Waals surface area contributed by atoms with Crippen molar-refractivity contribution in [3.05, 3.63) is 83.4 Å². The van der Waals surface area contributed by atoms with E-state index < -0.39 is 15.9 Å². The van der Waals surface area contributed by atoms with E-state index in [0.29, 0.717) is 35.9 Å². The molecule has 0 saturated heterocycles. The van der Waals surface area contributed by atoms with Crippen molar-refractivity contribution in [3.63, 3.8) is 0 Å². The van der Waals surface area contributed by atoms with Gasteiger partial charge in [-0.25, -0.2) is 8.42 Å². The van der Waals surface area contributed by atoms with Gasteiger partial charge in [0.2, 0.25) is 0 Å². The normalized spacial score (nSPS) is 10.9. The molecule has 0 aliphatic carbocycles. The minimum Gasteiger partial charge on any atom is -0.490 e. The highest BCUT2D eigenvalue weighted by atomic mass is 32.2. The summed E-state index contributed by atoms with van der Waals surface area (Å²) in [5.74, 6) is -0.0249. The summed E-state index contributed by atoms with van der Waals surface area (Å²) in [4.78, 5) is 12.8. The first-order valence-electron chi connectivity index (χ1n) is 10.7. The molecule has 8 nitrogen and oxygen atoms in total. The molecule has 0 aromatic heterocycles. The summed E-state index contributed by atoms with van der Waals surface area (Å²) in [6, 6.07) is 18.3. The predicted molar refractivity (Wildman–Crippen MR) is 141 cm³/mol. The minimum absolute atomic E-state index is 0.0608. The first-order valence-corrected chi connectivity index (χ1v) is 12.6. The van der Waals surface area contributed by atoms with E-state index in [-0.39, 0.29) is 10.0 Å². The molecule has 10 heteroatoms. The van der Waals surface area contributed by atoms with Crippen molar-refractivity contribution in [2.24, 2.45) is 0 Å². The van der Waals surface area contributed by atoms with Gasteiger partial charge < -0.3 is 14.8 Å². The highest BCUT2D eigenvalue weighted by molar-refractivity contribution is 7.92. The van der Waals surface area contributed by atoms with Crippen molar-refractivity contribution in [2.75, 3.05) is 30.4 Å². The Balaban J connectivity index is 1.62. The zero-order valence-electron chi connectivity index (χ0n) is 19.6. The highest BCUT2D eigenvalue weighted by Crippen LogP contribution is 2.22. The number of para-hydroxylation sites is 1. The molecule has 0 fully saturated rings. The first-order chi connectivity index (χ1) is 16.7. The molecule has 0 radical (unpaired) electrons. The second-order valence-electron chi connectivity index (χ2n) is 7.69. The van der Waals surface area contributed by atoms with E-state index in [0.717, 1.165) is 11.1 Å². The highest BCUT2D eigenvalue weighted by Gasteiger charge is 2.16. The lowest BCUT2D eigenvalue weighted by atomic mass is 10.1. The number of anilines is 2. The third-order valence-electron chi connectivity index (χ3n) is 4.95. The van der Waals surface area contributed by atoms with E-state index in [2.05, 4.69) is 15.4 Å². The minimum atomic E-state index is -3.77. The van der Waals surface area contributed by atoms with E-state index in [1.807, 2.05) is 26.0 Å². The molecule has 0 atom stereocenters. The molecule has 3 aromatic carbocycles. The van der Waals surface area contributed by atoms with Gasteiger partial charge in [0.1, 0.15) is 12.4 Å². The van der Waals surface area contributed by atoms with Crippen LogP contribution < -0.4 is 20.1 Å². The van der Waals surface area contributed by atoms with Crippen LogP contribution in [0.1, 0.15) is 21.5 Å². The molecular formula is C25H27N3O5S2. The standard InChI is InChI=1S/C25H27N3O5S2/c1-17-8-13-22(18(2)16-17)28-35(30,31)20-11-9-19(10-12-20)26-25(34)27-24(29)21-6-4-5-7-23(21)33-15-14-32-3/h4-13,16,28H,14-15H2,1-3H3,(H2,26,27,29,34). The third kappa shape index (κ3) is 7.25. The van der Waals surface area contributed by atoms with Gasteiger partial charge in [0, 0.05) is 12.8 Å². The summed E-state index contributed by atoms with van der Waals surface area (Å²) >= 11 is 5.25. The van der Waals surface area contributed by atoms with Crippen LogP contribution in [-0.2, 0) is 14.8 Å². The van der Waals surface area contributed by atoms with Crippen LogP contribution in [0.5, 0.6) is 5.75 Å². The van der Waals surface area contributed by atoms with Crippen molar-refractivity contribution in [1.29, 1.82) is 0 Å². The van der Waals surface area contributed by atoms with Crippen LogP contribution in [0.3, 0.4) is 0 Å². The lowest BCUT2D eigenvalue weighted by Crippen LogP contribution is -2.34. The van der Waals surface area contributed by atoms with Gasteiger partial charge >= 0.3 is 0 Å². The number of thiocarbonyl (C=S) groups is 1. The predicted octanol–water partition coefficient (Wildman–Crippen LogP) is 4.26. The van der Waals surface area contributed by atoms with Gasteiger partial charge in [-0.05, 0) is 74.1 Å². The van der Waals surface area contributed by atoms with Crippen LogP contribution in [0.15, 0.2) is 71.6 Å². The lowest BCUT2D eigenvalue weighted by molar-refractivity contribution is 0.0970. The monoisotopic (exact) mass is 513 g/mol. The lowest BCUT2D eigenvalue weighted by Gasteiger charge is -2.14. The number of nitrogens with one attached hydrogen (secondary N) is 3. The number of aryl methyl sites for hydroxylation is 2. The van der Waals surface area contributed by atoms with Crippen molar-refractivity contribution in [3.8, 4) is 5.75 Å². The second-order valence-corrected chi connectivity index (χ2v) is 9.78. The summed E-state index contributed by atoms with van der Waals surface area (Å²) in [5, 5.41) is 5.55. The largest absolute Gasteiger partial charge is 0.490 e. The Morgan fingerprint density at radius 1 is 0.971 bits per heavy atom. The van der Waals surface area contributed by atoms with E-state index in [1.54, 1.807) is 49.6 Å². The second kappa shape index (κ2) is 11.8. The van der Waals surface area contributed by atoms with Gasteiger partial charge in [-0.2, -0.15) is 0 Å². The van der Waals surface area contributed by atoms with Gasteiger partial charge in [0.25, 0.3) is 15.9 Å². The topological polar surface area (TPSA) is 106 Å². The molecule has 184 valence electrons. The summed E-state index contributed by atoms with van der Waals surface area (Å²) in [5.41, 5.74) is 3.25. The molecular weight excluding hydrogens is 486 g/mol. The number of benzene rings is 3. The van der Waals surface area contributed by atoms with Gasteiger partial charge in [0.15, 0.2) is 5.11 Å². The van der Waals surface area contributed by atoms with Gasteiger partial charge in [-0.15, -0.1) is 0 Å². The van der Waals surface area contributed by atoms with Crippen LogP contribution in [0.25, 0.3) is 0 Å². The van der Waals surface area contributed by atoms with E-state index in [9.17, 15) is 13.2 Å². The molecule has 0 aliphatic heterocycles. The molecule has 3 rings (SSSR count). The van der Waals surface area contributed by atoms with Crippen molar-refractivity contribution in [2.45, 2.75) is 18.7 Å². The summed E-state index contributed by atoms with van der Waals surface area (Å²) in [6.07, 6.45) is 0. The van der Waals surface area contributed by atoms with Crippen molar-refractivity contribution in [1.82, 2.24) is 5.32 Å². The SMILES string of the molecule is COCCOc1ccccc1C(=O)NC(=S)Nc1ccc(S(=O)(=O)Nc2ccc(C)cc2C)cc1. The van der Waals surface area contributed by atoms with Crippen LogP contribution in [0.2, 0.25) is 0 Å². The smallest absolute Gasteiger partial charge is 0.261 e. The molecule has 0 heterocycles. The maximum atomic E-state index is 12.8. The fourth-order valence-corrected chi connectivity index (χ4v) is 4.54. The quantitative estimate of drug-likeness (QED) is 0.290. The number of sulfonamides is 1. The molecule has 3 aromatic rings. The zero-order valence-corrected chi connectivity index (χ0v) is 21.3. The Bertz CT molecular complexity index is 1310. The van der Waals surface area contributed by atoms with Gasteiger partial charge in [-0.1, -0.05) is 29.8 Å². The summed E-state index contributed by atoms with van der Waals surface area (Å²) < 4.78 is 38.7. The first kappa shape index (κ1) is 26.1. The number of hydrogen-bond donors (Lipinski definition) is 3. The fourth-order valence-electron chi connectivity index (χ4n) is 3.20. The average Bonchev–Trinajstić information content (AvgIpc) is 2.81. The van der Waals surface area contributed by atoms with E-state index in [1.165, 1.54) is 12.1 Å². The molecule has 0 aliphatic rings. The van der Waals surface area contributed by atoms with Crippen LogP contribution in [-0.4, -0.2) is 39.8 Å². The van der Waals surface area contributed by atoms with Gasteiger partial charge in [-0.3, -0.25) is 14.8 Å². The number of carbonyl (C=O) groups excluding carboxylic acids is 1. The zero-order chi connectivity index (χ0) is 25.4. The maximum absolute atomic E-state index is 12.8. The fraction of sp³-hybridized carbons (Fsp3) is 0.200. The molecule has 35 heavy (non-hydrogen) atoms. The summed E-state index contributed by atoms with van der Waals surface area (Å²) in [6.45, 7) is 4.48. The number of methoxy groups -OCH3 is 1. The third-order valence-corrected chi connectivity index (χ3v) is 6.54. The molecule has 0 bridgehead atoms.